The molecule has 1 N–H and O–H groups in total. The van der Waals surface area contributed by atoms with E-state index >= 15 is 0 Å². The second kappa shape index (κ2) is 4.61. The van der Waals surface area contributed by atoms with E-state index in [1.54, 1.807) is 20.0 Å². The van der Waals surface area contributed by atoms with Crippen molar-refractivity contribution in [2.24, 2.45) is 0 Å². The first kappa shape index (κ1) is 12.0. The van der Waals surface area contributed by atoms with Crippen LogP contribution >= 0.6 is 0 Å². The number of nitrogens with zero attached hydrogens (tertiary/aromatic N) is 1. The SMILES string of the molecule is CNc1c(C)cc(C(=O)OC)cc1[N+](=O)[O-]. The van der Waals surface area contributed by atoms with Gasteiger partial charge in [0.2, 0.25) is 0 Å². The molecule has 16 heavy (non-hydrogen) atoms. The molecule has 0 saturated heterocycles. The van der Waals surface area contributed by atoms with Crippen LogP contribution in [0.3, 0.4) is 0 Å². The highest BCUT2D eigenvalue weighted by molar-refractivity contribution is 5.92. The van der Waals surface area contributed by atoms with Crippen molar-refractivity contribution >= 4 is 17.3 Å². The summed E-state index contributed by atoms with van der Waals surface area (Å²) < 4.78 is 4.52. The van der Waals surface area contributed by atoms with E-state index in [9.17, 15) is 14.9 Å². The van der Waals surface area contributed by atoms with Gasteiger partial charge in [-0.1, -0.05) is 0 Å². The molecule has 0 atom stereocenters. The molecule has 0 saturated carbocycles. The van der Waals surface area contributed by atoms with Crippen LogP contribution in [0, 0.1) is 17.0 Å². The zero-order valence-corrected chi connectivity index (χ0v) is 9.23. The second-order valence-electron chi connectivity index (χ2n) is 3.19. The van der Waals surface area contributed by atoms with Gasteiger partial charge < -0.3 is 10.1 Å². The molecular formula is C10H12N2O4. The number of hydrogen-bond acceptors (Lipinski definition) is 5. The fourth-order valence-electron chi connectivity index (χ4n) is 1.47. The maximum atomic E-state index is 11.3. The van der Waals surface area contributed by atoms with Gasteiger partial charge in [0.15, 0.2) is 0 Å². The van der Waals surface area contributed by atoms with E-state index < -0.39 is 10.9 Å². The molecule has 0 aromatic heterocycles. The van der Waals surface area contributed by atoms with Gasteiger partial charge in [-0.3, -0.25) is 10.1 Å². The normalized spacial score (nSPS) is 9.69. The molecule has 1 aromatic carbocycles. The van der Waals surface area contributed by atoms with Crippen molar-refractivity contribution in [1.29, 1.82) is 0 Å². The lowest BCUT2D eigenvalue weighted by molar-refractivity contribution is -0.384. The fourth-order valence-corrected chi connectivity index (χ4v) is 1.47. The lowest BCUT2D eigenvalue weighted by Gasteiger charge is -2.08. The minimum absolute atomic E-state index is 0.136. The van der Waals surface area contributed by atoms with Gasteiger partial charge in [-0.2, -0.15) is 0 Å². The molecule has 86 valence electrons. The summed E-state index contributed by atoms with van der Waals surface area (Å²) in [6.07, 6.45) is 0. The number of nitro groups is 1. The Kier molecular flexibility index (Phi) is 3.44. The third kappa shape index (κ3) is 2.10. The number of anilines is 1. The second-order valence-corrected chi connectivity index (χ2v) is 3.19. The first-order valence-corrected chi connectivity index (χ1v) is 4.56. The van der Waals surface area contributed by atoms with E-state index in [0.717, 1.165) is 0 Å². The van der Waals surface area contributed by atoms with Crippen molar-refractivity contribution < 1.29 is 14.5 Å². The summed E-state index contributed by atoms with van der Waals surface area (Å²) in [6.45, 7) is 1.69. The summed E-state index contributed by atoms with van der Waals surface area (Å²) in [7, 11) is 2.82. The number of nitro benzene ring substituents is 1. The maximum absolute atomic E-state index is 11.3. The summed E-state index contributed by atoms with van der Waals surface area (Å²) in [5.41, 5.74) is 1.06. The van der Waals surface area contributed by atoms with Gasteiger partial charge in [0.05, 0.1) is 17.6 Å². The van der Waals surface area contributed by atoms with Gasteiger partial charge in [0.1, 0.15) is 5.69 Å². The third-order valence-corrected chi connectivity index (χ3v) is 2.18. The fraction of sp³-hybridized carbons (Fsp3) is 0.300. The highest BCUT2D eigenvalue weighted by Gasteiger charge is 2.19. The largest absolute Gasteiger partial charge is 0.465 e. The van der Waals surface area contributed by atoms with Crippen molar-refractivity contribution in [2.45, 2.75) is 6.92 Å². The molecule has 6 heteroatoms. The van der Waals surface area contributed by atoms with Crippen molar-refractivity contribution in [3.8, 4) is 0 Å². The van der Waals surface area contributed by atoms with Crippen LogP contribution in [0.25, 0.3) is 0 Å². The van der Waals surface area contributed by atoms with E-state index in [2.05, 4.69) is 10.1 Å². The highest BCUT2D eigenvalue weighted by Crippen LogP contribution is 2.29. The van der Waals surface area contributed by atoms with Gasteiger partial charge in [0, 0.05) is 13.1 Å². The minimum atomic E-state index is -0.589. The monoisotopic (exact) mass is 224 g/mol. The number of hydrogen-bond donors (Lipinski definition) is 1. The molecule has 0 unspecified atom stereocenters. The average Bonchev–Trinajstić information content (AvgIpc) is 2.26. The van der Waals surface area contributed by atoms with E-state index in [1.807, 2.05) is 0 Å². The summed E-state index contributed by atoms with van der Waals surface area (Å²) in [5, 5.41) is 13.5. The number of rotatable bonds is 3. The Balaban J connectivity index is 3.39. The lowest BCUT2D eigenvalue weighted by atomic mass is 10.1. The van der Waals surface area contributed by atoms with Crippen LogP contribution in [0.15, 0.2) is 12.1 Å². The Morgan fingerprint density at radius 3 is 2.56 bits per heavy atom. The van der Waals surface area contributed by atoms with Crippen LogP contribution in [0.1, 0.15) is 15.9 Å². The molecule has 0 fully saturated rings. The number of nitrogens with one attached hydrogen (secondary N) is 1. The molecule has 0 amide bonds. The Bertz CT molecular complexity index is 443. The predicted octanol–water partition coefficient (Wildman–Crippen LogP) is 1.73. The Hall–Kier alpha value is -2.11. The summed E-state index contributed by atoms with van der Waals surface area (Å²) in [6, 6.07) is 2.75. The predicted molar refractivity (Wildman–Crippen MR) is 58.7 cm³/mol. The molecule has 0 bridgehead atoms. The van der Waals surface area contributed by atoms with Crippen LogP contribution < -0.4 is 5.32 Å². The van der Waals surface area contributed by atoms with Crippen LogP contribution in [0.4, 0.5) is 11.4 Å². The summed E-state index contributed by atoms with van der Waals surface area (Å²) in [4.78, 5) is 21.5. The minimum Gasteiger partial charge on any atom is -0.465 e. The number of methoxy groups -OCH3 is 1. The molecular weight excluding hydrogens is 212 g/mol. The molecule has 0 aliphatic rings. The van der Waals surface area contributed by atoms with Crippen LogP contribution in [0.2, 0.25) is 0 Å². The Morgan fingerprint density at radius 1 is 1.50 bits per heavy atom. The van der Waals surface area contributed by atoms with Crippen molar-refractivity contribution in [2.75, 3.05) is 19.5 Å². The van der Waals surface area contributed by atoms with Gasteiger partial charge in [-0.25, -0.2) is 4.79 Å². The highest BCUT2D eigenvalue weighted by atomic mass is 16.6. The number of esters is 1. The van der Waals surface area contributed by atoms with E-state index in [0.29, 0.717) is 11.3 Å². The third-order valence-electron chi connectivity index (χ3n) is 2.18. The maximum Gasteiger partial charge on any atom is 0.338 e. The lowest BCUT2D eigenvalue weighted by Crippen LogP contribution is -2.05. The van der Waals surface area contributed by atoms with Gasteiger partial charge in [-0.05, 0) is 18.6 Å². The number of carbonyl (C=O) groups excluding carboxylic acids is 1. The Labute approximate surface area is 92.4 Å². The molecule has 0 radical (unpaired) electrons. The molecule has 0 spiro atoms. The molecule has 0 heterocycles. The molecule has 0 aliphatic heterocycles. The molecule has 1 rings (SSSR count). The van der Waals surface area contributed by atoms with Crippen molar-refractivity contribution in [1.82, 2.24) is 0 Å². The molecule has 6 nitrogen and oxygen atoms in total. The van der Waals surface area contributed by atoms with Crippen LogP contribution in [-0.4, -0.2) is 25.1 Å². The van der Waals surface area contributed by atoms with E-state index in [4.69, 9.17) is 0 Å². The first-order chi connectivity index (χ1) is 7.51. The summed E-state index contributed by atoms with van der Waals surface area (Å²) in [5.74, 6) is -0.589. The van der Waals surface area contributed by atoms with Gasteiger partial charge in [-0.15, -0.1) is 0 Å². The summed E-state index contributed by atoms with van der Waals surface area (Å²) >= 11 is 0. The standard InChI is InChI=1S/C10H12N2O4/c1-6-4-7(10(13)16-3)5-8(12(14)15)9(6)11-2/h4-5,11H,1-3H3. The molecule has 0 aliphatic carbocycles. The zero-order valence-electron chi connectivity index (χ0n) is 9.23. The number of benzene rings is 1. The zero-order chi connectivity index (χ0) is 12.3. The van der Waals surface area contributed by atoms with E-state index in [-0.39, 0.29) is 11.3 Å². The van der Waals surface area contributed by atoms with Gasteiger partial charge in [0.25, 0.3) is 5.69 Å². The average molecular weight is 224 g/mol. The van der Waals surface area contributed by atoms with Crippen LogP contribution in [-0.2, 0) is 4.74 Å². The van der Waals surface area contributed by atoms with Gasteiger partial charge >= 0.3 is 5.97 Å². The van der Waals surface area contributed by atoms with E-state index in [1.165, 1.54) is 13.2 Å². The number of carbonyl (C=O) groups is 1. The molecule has 1 aromatic rings. The smallest absolute Gasteiger partial charge is 0.338 e. The topological polar surface area (TPSA) is 81.5 Å². The van der Waals surface area contributed by atoms with Crippen LogP contribution in [0.5, 0.6) is 0 Å². The number of aryl methyl sites for hydroxylation is 1. The van der Waals surface area contributed by atoms with Crippen molar-refractivity contribution in [3.05, 3.63) is 33.4 Å². The quantitative estimate of drug-likeness (QED) is 0.480. The van der Waals surface area contributed by atoms with Crippen molar-refractivity contribution in [3.63, 3.8) is 0 Å². The number of ether oxygens (including phenoxy) is 1. The Morgan fingerprint density at radius 2 is 2.12 bits per heavy atom. The first-order valence-electron chi connectivity index (χ1n) is 4.56.